The lowest BCUT2D eigenvalue weighted by Crippen LogP contribution is -2.34. The van der Waals surface area contributed by atoms with Crippen LogP contribution in [0.5, 0.6) is 0 Å². The van der Waals surface area contributed by atoms with Crippen molar-refractivity contribution < 1.29 is 14.3 Å². The molecule has 0 aliphatic carbocycles. The summed E-state index contributed by atoms with van der Waals surface area (Å²) in [5.41, 5.74) is 2.84. The van der Waals surface area contributed by atoms with E-state index in [-0.39, 0.29) is 12.3 Å². The normalized spacial score (nSPS) is 11.5. The summed E-state index contributed by atoms with van der Waals surface area (Å²) < 4.78 is 5.20. The molecular formula is C24H25N3O3S. The molecule has 0 radical (unpaired) electrons. The second kappa shape index (κ2) is 10.6. The molecule has 2 N–H and O–H groups in total. The van der Waals surface area contributed by atoms with Crippen molar-refractivity contribution in [1.29, 1.82) is 5.41 Å². The number of thiazole rings is 1. The highest BCUT2D eigenvalue weighted by Gasteiger charge is 2.28. The number of benzene rings is 2. The number of carbonyl (C=O) groups is 2. The van der Waals surface area contributed by atoms with E-state index in [4.69, 9.17) is 10.1 Å². The van der Waals surface area contributed by atoms with Crippen LogP contribution in [-0.4, -0.2) is 22.6 Å². The quantitative estimate of drug-likeness (QED) is 0.374. The first-order valence-electron chi connectivity index (χ1n) is 10.1. The molecule has 1 amide bonds. The monoisotopic (exact) mass is 435 g/mol. The van der Waals surface area contributed by atoms with Gasteiger partial charge in [-0.1, -0.05) is 67.1 Å². The van der Waals surface area contributed by atoms with E-state index in [1.807, 2.05) is 37.3 Å². The van der Waals surface area contributed by atoms with Crippen LogP contribution in [0, 0.1) is 18.3 Å². The number of aryl methyl sites for hydroxylation is 1. The van der Waals surface area contributed by atoms with E-state index in [9.17, 15) is 9.59 Å². The fourth-order valence-corrected chi connectivity index (χ4v) is 3.86. The fraction of sp³-hybridized carbons (Fsp3) is 0.250. The number of hydrogen-bond donors (Lipinski definition) is 2. The summed E-state index contributed by atoms with van der Waals surface area (Å²) in [6.07, 6.45) is 2.78. The summed E-state index contributed by atoms with van der Waals surface area (Å²) in [6, 6.07) is 17.5. The van der Waals surface area contributed by atoms with Gasteiger partial charge in [-0.3, -0.25) is 10.2 Å². The summed E-state index contributed by atoms with van der Waals surface area (Å²) in [5, 5.41) is 11.3. The first-order chi connectivity index (χ1) is 15.0. The molecule has 31 heavy (non-hydrogen) atoms. The molecule has 0 aliphatic rings. The number of rotatable bonds is 9. The lowest BCUT2D eigenvalue weighted by Gasteiger charge is -2.14. The average molecular weight is 436 g/mol. The number of anilines is 1. The molecule has 1 unspecified atom stereocenters. The van der Waals surface area contributed by atoms with E-state index in [0.29, 0.717) is 11.6 Å². The van der Waals surface area contributed by atoms with Crippen LogP contribution in [0.25, 0.3) is 0 Å². The smallest absolute Gasteiger partial charge is 0.353 e. The SMILES string of the molecule is CCC(C(=N)C(=O)OCc1ccccc1)C(=O)Nc1ncc(Cc2ccc(C)cc2)s1. The maximum absolute atomic E-state index is 12.7. The lowest BCUT2D eigenvalue weighted by atomic mass is 9.99. The Hall–Kier alpha value is -3.32. The van der Waals surface area contributed by atoms with Crippen LogP contribution < -0.4 is 5.32 Å². The molecule has 0 saturated heterocycles. The highest BCUT2D eigenvalue weighted by atomic mass is 32.1. The topological polar surface area (TPSA) is 92.1 Å². The van der Waals surface area contributed by atoms with Gasteiger partial charge in [-0.05, 0) is 24.5 Å². The maximum atomic E-state index is 12.7. The Bertz CT molecular complexity index is 1050. The minimum absolute atomic E-state index is 0.0644. The molecule has 7 heteroatoms. The third-order valence-electron chi connectivity index (χ3n) is 4.79. The summed E-state index contributed by atoms with van der Waals surface area (Å²) >= 11 is 1.39. The molecule has 3 aromatic rings. The van der Waals surface area contributed by atoms with E-state index in [0.717, 1.165) is 16.9 Å². The van der Waals surface area contributed by atoms with Crippen molar-refractivity contribution in [2.75, 3.05) is 5.32 Å². The molecule has 0 spiro atoms. The first-order valence-corrected chi connectivity index (χ1v) is 10.9. The van der Waals surface area contributed by atoms with Crippen LogP contribution in [0.1, 0.15) is 34.9 Å². The number of aromatic nitrogens is 1. The molecule has 0 bridgehead atoms. The standard InChI is InChI=1S/C24H25N3O3S/c1-3-20(21(25)23(29)30-15-18-7-5-4-6-8-18)22(28)27-24-26-14-19(31-24)13-17-11-9-16(2)10-12-17/h4-12,14,20,25H,3,13,15H2,1-2H3,(H,26,27,28). The van der Waals surface area contributed by atoms with Gasteiger partial charge in [0.15, 0.2) is 5.13 Å². The number of esters is 1. The Morgan fingerprint density at radius 3 is 2.48 bits per heavy atom. The number of nitrogens with one attached hydrogen (secondary N) is 2. The number of amides is 1. The summed E-state index contributed by atoms with van der Waals surface area (Å²) in [7, 11) is 0. The number of ether oxygens (including phenoxy) is 1. The van der Waals surface area contributed by atoms with Crippen molar-refractivity contribution in [2.45, 2.75) is 33.3 Å². The van der Waals surface area contributed by atoms with Crippen molar-refractivity contribution in [1.82, 2.24) is 4.98 Å². The molecule has 1 atom stereocenters. The van der Waals surface area contributed by atoms with Gasteiger partial charge in [-0.15, -0.1) is 11.3 Å². The van der Waals surface area contributed by atoms with Crippen molar-refractivity contribution in [3.63, 3.8) is 0 Å². The van der Waals surface area contributed by atoms with Gasteiger partial charge in [0.25, 0.3) is 0 Å². The molecule has 6 nitrogen and oxygen atoms in total. The number of hydrogen-bond acceptors (Lipinski definition) is 6. The van der Waals surface area contributed by atoms with Crippen LogP contribution in [0.15, 0.2) is 60.8 Å². The van der Waals surface area contributed by atoms with Crippen molar-refractivity contribution in [3.8, 4) is 0 Å². The molecule has 1 heterocycles. The van der Waals surface area contributed by atoms with Crippen LogP contribution in [-0.2, 0) is 27.4 Å². The van der Waals surface area contributed by atoms with Gasteiger partial charge in [0.2, 0.25) is 5.91 Å². The largest absolute Gasteiger partial charge is 0.456 e. The molecule has 1 aromatic heterocycles. The van der Waals surface area contributed by atoms with Crippen LogP contribution in [0.3, 0.4) is 0 Å². The van der Waals surface area contributed by atoms with Crippen LogP contribution in [0.4, 0.5) is 5.13 Å². The molecule has 0 aliphatic heterocycles. The molecule has 0 saturated carbocycles. The second-order valence-electron chi connectivity index (χ2n) is 7.22. The van der Waals surface area contributed by atoms with Crippen molar-refractivity contribution in [2.24, 2.45) is 5.92 Å². The summed E-state index contributed by atoms with van der Waals surface area (Å²) in [5.74, 6) is -2.11. The molecule has 0 fully saturated rings. The first kappa shape index (κ1) is 22.4. The molecular weight excluding hydrogens is 410 g/mol. The van der Waals surface area contributed by atoms with E-state index in [1.54, 1.807) is 13.1 Å². The average Bonchev–Trinajstić information content (AvgIpc) is 3.21. The maximum Gasteiger partial charge on any atom is 0.353 e. The van der Waals surface area contributed by atoms with E-state index in [2.05, 4.69) is 34.6 Å². The minimum Gasteiger partial charge on any atom is -0.456 e. The Labute approximate surface area is 185 Å². The Balaban J connectivity index is 1.56. The zero-order valence-corrected chi connectivity index (χ0v) is 18.4. The molecule has 2 aromatic carbocycles. The zero-order valence-electron chi connectivity index (χ0n) is 17.6. The summed E-state index contributed by atoms with van der Waals surface area (Å²) in [6.45, 7) is 3.87. The highest BCUT2D eigenvalue weighted by Crippen LogP contribution is 2.22. The van der Waals surface area contributed by atoms with Gasteiger partial charge in [0.05, 0.1) is 5.92 Å². The predicted octanol–water partition coefficient (Wildman–Crippen LogP) is 4.77. The third-order valence-corrected chi connectivity index (χ3v) is 5.70. The molecule has 160 valence electrons. The van der Waals surface area contributed by atoms with Gasteiger partial charge < -0.3 is 10.1 Å². The van der Waals surface area contributed by atoms with Crippen LogP contribution >= 0.6 is 11.3 Å². The predicted molar refractivity (Wildman–Crippen MR) is 122 cm³/mol. The van der Waals surface area contributed by atoms with E-state index in [1.165, 1.54) is 22.5 Å². The highest BCUT2D eigenvalue weighted by molar-refractivity contribution is 7.15. The van der Waals surface area contributed by atoms with E-state index >= 15 is 0 Å². The lowest BCUT2D eigenvalue weighted by molar-refractivity contribution is -0.137. The van der Waals surface area contributed by atoms with Gasteiger partial charge in [-0.2, -0.15) is 0 Å². The zero-order chi connectivity index (χ0) is 22.2. The van der Waals surface area contributed by atoms with Crippen molar-refractivity contribution in [3.05, 3.63) is 82.4 Å². The van der Waals surface area contributed by atoms with Crippen molar-refractivity contribution >= 4 is 34.1 Å². The Morgan fingerprint density at radius 1 is 1.10 bits per heavy atom. The number of nitrogens with zero attached hydrogens (tertiary/aromatic N) is 1. The van der Waals surface area contributed by atoms with E-state index < -0.39 is 17.8 Å². The number of carbonyl (C=O) groups excluding carboxylic acids is 2. The van der Waals surface area contributed by atoms with Crippen LogP contribution in [0.2, 0.25) is 0 Å². The Morgan fingerprint density at radius 2 is 1.81 bits per heavy atom. The van der Waals surface area contributed by atoms with Gasteiger partial charge in [-0.25, -0.2) is 9.78 Å². The minimum atomic E-state index is -0.896. The molecule has 3 rings (SSSR count). The van der Waals surface area contributed by atoms with Gasteiger partial charge >= 0.3 is 5.97 Å². The summed E-state index contributed by atoms with van der Waals surface area (Å²) in [4.78, 5) is 30.2. The van der Waals surface area contributed by atoms with Gasteiger partial charge in [0, 0.05) is 17.5 Å². The third kappa shape index (κ3) is 6.33. The van der Waals surface area contributed by atoms with Gasteiger partial charge in [0.1, 0.15) is 12.3 Å². The second-order valence-corrected chi connectivity index (χ2v) is 8.33. The fourth-order valence-electron chi connectivity index (χ4n) is 3.01. The Kier molecular flexibility index (Phi) is 7.67.